The topological polar surface area (TPSA) is 76.7 Å². The number of ether oxygens (including phenoxy) is 2. The third-order valence-corrected chi connectivity index (χ3v) is 4.01. The summed E-state index contributed by atoms with van der Waals surface area (Å²) >= 11 is 0. The number of amides is 2. The summed E-state index contributed by atoms with van der Waals surface area (Å²) in [5, 5.41) is 5.61. The minimum atomic E-state index is -0.126. The zero-order valence-electron chi connectivity index (χ0n) is 14.5. The van der Waals surface area contributed by atoms with Gasteiger partial charge in [0.05, 0.1) is 6.42 Å². The zero-order chi connectivity index (χ0) is 18.2. The van der Waals surface area contributed by atoms with Crippen molar-refractivity contribution in [3.8, 4) is 11.5 Å². The van der Waals surface area contributed by atoms with E-state index in [0.29, 0.717) is 44.2 Å². The van der Waals surface area contributed by atoms with Gasteiger partial charge in [0.2, 0.25) is 11.8 Å². The number of fused-ring (bicyclic) bond motifs is 1. The van der Waals surface area contributed by atoms with Crippen LogP contribution >= 0.6 is 0 Å². The van der Waals surface area contributed by atoms with Crippen molar-refractivity contribution in [2.24, 2.45) is 0 Å². The lowest BCUT2D eigenvalue weighted by molar-refractivity contribution is -0.122. The Morgan fingerprint density at radius 3 is 2.54 bits per heavy atom. The lowest BCUT2D eigenvalue weighted by Crippen LogP contribution is -2.31. The predicted molar refractivity (Wildman–Crippen MR) is 97.1 cm³/mol. The Bertz CT molecular complexity index is 762. The molecule has 0 aliphatic carbocycles. The van der Waals surface area contributed by atoms with E-state index >= 15 is 0 Å². The molecule has 6 heteroatoms. The fourth-order valence-corrected chi connectivity index (χ4v) is 2.71. The van der Waals surface area contributed by atoms with Crippen molar-refractivity contribution in [1.29, 1.82) is 0 Å². The van der Waals surface area contributed by atoms with Crippen molar-refractivity contribution < 1.29 is 19.1 Å². The molecule has 1 aliphatic heterocycles. The SMILES string of the molecule is O=C(CCNC(=O)Cc1ccccc1)NCc1cccc2c1OCCO2. The van der Waals surface area contributed by atoms with E-state index in [1.165, 1.54) is 0 Å². The highest BCUT2D eigenvalue weighted by molar-refractivity contribution is 5.80. The minimum absolute atomic E-state index is 0.0910. The number of rotatable bonds is 7. The van der Waals surface area contributed by atoms with Crippen LogP contribution in [0.1, 0.15) is 17.5 Å². The summed E-state index contributed by atoms with van der Waals surface area (Å²) < 4.78 is 11.1. The Kier molecular flexibility index (Phi) is 6.09. The average molecular weight is 354 g/mol. The average Bonchev–Trinajstić information content (AvgIpc) is 2.67. The first-order valence-electron chi connectivity index (χ1n) is 8.67. The van der Waals surface area contributed by atoms with Gasteiger partial charge in [-0.25, -0.2) is 0 Å². The number of nitrogens with one attached hydrogen (secondary N) is 2. The number of carbonyl (C=O) groups is 2. The van der Waals surface area contributed by atoms with Crippen molar-refractivity contribution >= 4 is 11.8 Å². The number of hydrogen-bond donors (Lipinski definition) is 2. The van der Waals surface area contributed by atoms with Crippen molar-refractivity contribution in [3.63, 3.8) is 0 Å². The summed E-state index contributed by atoms with van der Waals surface area (Å²) in [6.45, 7) is 1.71. The highest BCUT2D eigenvalue weighted by atomic mass is 16.6. The van der Waals surface area contributed by atoms with Crippen molar-refractivity contribution in [1.82, 2.24) is 10.6 Å². The minimum Gasteiger partial charge on any atom is -0.486 e. The molecule has 2 aromatic rings. The van der Waals surface area contributed by atoms with E-state index in [2.05, 4.69) is 10.6 Å². The van der Waals surface area contributed by atoms with E-state index in [9.17, 15) is 9.59 Å². The van der Waals surface area contributed by atoms with Crippen LogP contribution in [0.25, 0.3) is 0 Å². The van der Waals surface area contributed by atoms with E-state index in [1.807, 2.05) is 48.5 Å². The quantitative estimate of drug-likeness (QED) is 0.795. The molecule has 0 saturated heterocycles. The molecule has 0 fully saturated rings. The summed E-state index contributed by atoms with van der Waals surface area (Å²) in [5.41, 5.74) is 1.83. The van der Waals surface area contributed by atoms with Gasteiger partial charge in [0.15, 0.2) is 11.5 Å². The van der Waals surface area contributed by atoms with E-state index in [0.717, 1.165) is 11.1 Å². The number of hydrogen-bond acceptors (Lipinski definition) is 4. The van der Waals surface area contributed by atoms with Crippen molar-refractivity contribution in [2.45, 2.75) is 19.4 Å². The van der Waals surface area contributed by atoms with Gasteiger partial charge in [-0.05, 0) is 11.6 Å². The van der Waals surface area contributed by atoms with Crippen molar-refractivity contribution in [3.05, 3.63) is 59.7 Å². The molecular weight excluding hydrogens is 332 g/mol. The standard InChI is InChI=1S/C20H22N2O4/c23-18(9-10-21-19(24)13-15-5-2-1-3-6-15)22-14-16-7-4-8-17-20(16)26-12-11-25-17/h1-8H,9-14H2,(H,21,24)(H,22,23). The summed E-state index contributed by atoms with van der Waals surface area (Å²) in [5.74, 6) is 1.18. The second-order valence-corrected chi connectivity index (χ2v) is 5.98. The molecule has 26 heavy (non-hydrogen) atoms. The highest BCUT2D eigenvalue weighted by Gasteiger charge is 2.15. The van der Waals surface area contributed by atoms with Crippen molar-refractivity contribution in [2.75, 3.05) is 19.8 Å². The van der Waals surface area contributed by atoms with Gasteiger partial charge in [0, 0.05) is 25.1 Å². The van der Waals surface area contributed by atoms with Gasteiger partial charge in [-0.3, -0.25) is 9.59 Å². The number of para-hydroxylation sites is 1. The van der Waals surface area contributed by atoms with Gasteiger partial charge in [0.1, 0.15) is 13.2 Å². The maximum absolute atomic E-state index is 12.0. The highest BCUT2D eigenvalue weighted by Crippen LogP contribution is 2.33. The Labute approximate surface area is 152 Å². The fourth-order valence-electron chi connectivity index (χ4n) is 2.71. The summed E-state index contributed by atoms with van der Waals surface area (Å²) in [7, 11) is 0. The normalized spacial score (nSPS) is 12.3. The van der Waals surface area contributed by atoms with Crippen LogP contribution in [0.5, 0.6) is 11.5 Å². The molecule has 2 amide bonds. The Balaban J connectivity index is 1.39. The molecule has 1 heterocycles. The van der Waals surface area contributed by atoms with Crippen LogP contribution in [0, 0.1) is 0 Å². The van der Waals surface area contributed by atoms with Gasteiger partial charge in [-0.2, -0.15) is 0 Å². The third kappa shape index (κ3) is 4.99. The molecule has 0 atom stereocenters. The first-order chi connectivity index (χ1) is 12.7. The second kappa shape index (κ2) is 8.89. The van der Waals surface area contributed by atoms with E-state index < -0.39 is 0 Å². The van der Waals surface area contributed by atoms with Crippen LogP contribution in [-0.2, 0) is 22.6 Å². The summed E-state index contributed by atoms with van der Waals surface area (Å²) in [6.07, 6.45) is 0.545. The molecular formula is C20H22N2O4. The van der Waals surface area contributed by atoms with Crippen LogP contribution < -0.4 is 20.1 Å². The zero-order valence-corrected chi connectivity index (χ0v) is 14.5. The van der Waals surface area contributed by atoms with Gasteiger partial charge in [-0.15, -0.1) is 0 Å². The summed E-state index contributed by atoms with van der Waals surface area (Å²) in [4.78, 5) is 23.9. The lowest BCUT2D eigenvalue weighted by atomic mass is 10.1. The molecule has 0 bridgehead atoms. The molecule has 0 spiro atoms. The number of benzene rings is 2. The van der Waals surface area contributed by atoms with Gasteiger partial charge in [0.25, 0.3) is 0 Å². The molecule has 0 radical (unpaired) electrons. The van der Waals surface area contributed by atoms with Crippen LogP contribution in [0.2, 0.25) is 0 Å². The molecule has 2 aromatic carbocycles. The smallest absolute Gasteiger partial charge is 0.224 e. The molecule has 2 N–H and O–H groups in total. The van der Waals surface area contributed by atoms with E-state index in [1.54, 1.807) is 0 Å². The van der Waals surface area contributed by atoms with E-state index in [-0.39, 0.29) is 18.2 Å². The second-order valence-electron chi connectivity index (χ2n) is 5.98. The summed E-state index contributed by atoms with van der Waals surface area (Å²) in [6, 6.07) is 15.1. The number of carbonyl (C=O) groups excluding carboxylic acids is 2. The van der Waals surface area contributed by atoms with Crippen LogP contribution in [0.3, 0.4) is 0 Å². The van der Waals surface area contributed by atoms with Crippen LogP contribution in [0.15, 0.2) is 48.5 Å². The van der Waals surface area contributed by atoms with Gasteiger partial charge < -0.3 is 20.1 Å². The molecule has 0 saturated carbocycles. The molecule has 136 valence electrons. The molecule has 1 aliphatic rings. The lowest BCUT2D eigenvalue weighted by Gasteiger charge is -2.21. The Hall–Kier alpha value is -3.02. The van der Waals surface area contributed by atoms with Crippen LogP contribution in [0.4, 0.5) is 0 Å². The monoisotopic (exact) mass is 354 g/mol. The van der Waals surface area contributed by atoms with E-state index in [4.69, 9.17) is 9.47 Å². The van der Waals surface area contributed by atoms with Gasteiger partial charge in [-0.1, -0.05) is 42.5 Å². The predicted octanol–water partition coefficient (Wildman–Crippen LogP) is 1.82. The fraction of sp³-hybridized carbons (Fsp3) is 0.300. The maximum Gasteiger partial charge on any atom is 0.224 e. The maximum atomic E-state index is 12.0. The molecule has 3 rings (SSSR count). The molecule has 0 aromatic heterocycles. The largest absolute Gasteiger partial charge is 0.486 e. The molecule has 6 nitrogen and oxygen atoms in total. The first kappa shape index (κ1) is 17.8. The first-order valence-corrected chi connectivity index (χ1v) is 8.67. The Morgan fingerprint density at radius 2 is 1.69 bits per heavy atom. The van der Waals surface area contributed by atoms with Gasteiger partial charge >= 0.3 is 0 Å². The van der Waals surface area contributed by atoms with Crippen LogP contribution in [-0.4, -0.2) is 31.6 Å². The third-order valence-electron chi connectivity index (χ3n) is 4.01. The Morgan fingerprint density at radius 1 is 0.885 bits per heavy atom. The molecule has 0 unspecified atom stereocenters.